The third-order valence-corrected chi connectivity index (χ3v) is 14.3. The first-order valence-electron chi connectivity index (χ1n) is 22.9. The Morgan fingerprint density at radius 2 is 0.552 bits per heavy atom. The van der Waals surface area contributed by atoms with Crippen molar-refractivity contribution < 1.29 is 13.3 Å². The van der Waals surface area contributed by atoms with Crippen LogP contribution in [0.25, 0.3) is 153 Å². The van der Waals surface area contributed by atoms with Gasteiger partial charge in [-0.15, -0.1) is 0 Å². The van der Waals surface area contributed by atoms with Crippen LogP contribution in [0.1, 0.15) is 0 Å². The Balaban J connectivity index is 0.992. The van der Waals surface area contributed by atoms with E-state index in [4.69, 9.17) is 13.3 Å². The highest BCUT2D eigenvalue weighted by molar-refractivity contribution is 6.29. The highest BCUT2D eigenvalue weighted by Gasteiger charge is 2.24. The van der Waals surface area contributed by atoms with Crippen molar-refractivity contribution in [3.63, 3.8) is 0 Å². The molecule has 0 atom stereocenters. The lowest BCUT2D eigenvalue weighted by Gasteiger charge is -2.18. The summed E-state index contributed by atoms with van der Waals surface area (Å²) in [6, 6.07) is 78.4. The Morgan fingerprint density at radius 1 is 0.209 bits per heavy atom. The summed E-state index contributed by atoms with van der Waals surface area (Å²) in [7, 11) is 0. The van der Waals surface area contributed by atoms with E-state index in [0.717, 1.165) is 88.1 Å². The zero-order chi connectivity index (χ0) is 43.7. The summed E-state index contributed by atoms with van der Waals surface area (Å²) < 4.78 is 20.2. The number of rotatable bonds is 4. The van der Waals surface area contributed by atoms with Crippen molar-refractivity contribution in [1.82, 2.24) is 0 Å². The van der Waals surface area contributed by atoms with E-state index in [2.05, 4.69) is 206 Å². The molecule has 0 aliphatic heterocycles. The number of furan rings is 3. The van der Waals surface area contributed by atoms with Gasteiger partial charge in [-0.05, 0) is 95.7 Å². The Hall–Kier alpha value is -8.92. The fraction of sp³-hybridized carbons (Fsp3) is 0. The van der Waals surface area contributed by atoms with Crippen LogP contribution in [0.15, 0.2) is 232 Å². The lowest BCUT2D eigenvalue weighted by molar-refractivity contribution is 0.669. The molecule has 0 bridgehead atoms. The maximum atomic E-state index is 6.79. The van der Waals surface area contributed by atoms with Crippen molar-refractivity contribution in [3.8, 4) is 44.5 Å². The zero-order valence-corrected chi connectivity index (χ0v) is 36.0. The van der Waals surface area contributed by atoms with E-state index in [0.29, 0.717) is 0 Å². The molecule has 3 aromatic heterocycles. The molecule has 0 spiro atoms. The zero-order valence-electron chi connectivity index (χ0n) is 36.0. The molecule has 0 saturated heterocycles. The van der Waals surface area contributed by atoms with Gasteiger partial charge in [0.15, 0.2) is 0 Å². The monoisotopic (exact) mass is 852 g/mol. The fourth-order valence-corrected chi connectivity index (χ4v) is 11.5. The van der Waals surface area contributed by atoms with Crippen molar-refractivity contribution in [2.75, 3.05) is 0 Å². The van der Waals surface area contributed by atoms with Gasteiger partial charge in [0, 0.05) is 54.6 Å². The van der Waals surface area contributed by atoms with Crippen LogP contribution in [-0.4, -0.2) is 0 Å². The van der Waals surface area contributed by atoms with Gasteiger partial charge < -0.3 is 13.3 Å². The molecule has 15 rings (SSSR count). The van der Waals surface area contributed by atoms with Crippen LogP contribution >= 0.6 is 0 Å². The number of benzene rings is 12. The minimum atomic E-state index is 0.856. The van der Waals surface area contributed by atoms with E-state index in [1.54, 1.807) is 0 Å². The molecule has 0 amide bonds. The molecule has 3 heteroatoms. The standard InChI is InChI=1S/C64H36O3/c1-3-20-42-40(18-1)58(41-19-2-4-21-43(41)60(42)51-29-13-26-48-38-16-9-11-31-54(38)66-63(48)51)37-34-35-56-53(36-37)62-50(28-15-33-57(62)65-56)59-44-22-5-7-24-46(44)61(47-25-8-6-23-45(47)59)52-30-14-27-49-39-17-10-12-32-55(39)67-64(49)52/h1-36H. The fourth-order valence-electron chi connectivity index (χ4n) is 11.5. The Bertz CT molecular complexity index is 4460. The first-order valence-corrected chi connectivity index (χ1v) is 22.9. The third-order valence-electron chi connectivity index (χ3n) is 14.3. The van der Waals surface area contributed by atoms with Crippen LogP contribution in [0, 0.1) is 0 Å². The SMILES string of the molecule is c1ccc2c(c1)oc1c(-c3c4ccccc4c(-c4ccc5oc6cccc(-c7c8ccccc8c(-c8cccc9c8oc8ccccc89)c8ccccc78)c6c5c4)c4ccccc34)cccc12. The largest absolute Gasteiger partial charge is 0.456 e. The Labute approximate surface area is 383 Å². The molecule has 3 nitrogen and oxygen atoms in total. The molecule has 3 heterocycles. The molecular formula is C64H36O3. The summed E-state index contributed by atoms with van der Waals surface area (Å²) in [6.45, 7) is 0. The predicted molar refractivity (Wildman–Crippen MR) is 280 cm³/mol. The smallest absolute Gasteiger partial charge is 0.143 e. The van der Waals surface area contributed by atoms with Gasteiger partial charge in [0.1, 0.15) is 33.5 Å². The first kappa shape index (κ1) is 36.4. The van der Waals surface area contributed by atoms with Gasteiger partial charge in [0.05, 0.1) is 0 Å². The van der Waals surface area contributed by atoms with Crippen LogP contribution in [-0.2, 0) is 0 Å². The second kappa shape index (κ2) is 13.8. The minimum absolute atomic E-state index is 0.856. The summed E-state index contributed by atoms with van der Waals surface area (Å²) in [5.74, 6) is 0. The average Bonchev–Trinajstić information content (AvgIpc) is 4.09. The molecule has 0 N–H and O–H groups in total. The number of fused-ring (bicyclic) bond motifs is 13. The van der Waals surface area contributed by atoms with E-state index in [1.165, 1.54) is 65.3 Å². The number of hydrogen-bond acceptors (Lipinski definition) is 3. The first-order chi connectivity index (χ1) is 33.3. The Morgan fingerprint density at radius 3 is 1.03 bits per heavy atom. The van der Waals surface area contributed by atoms with Crippen molar-refractivity contribution in [2.24, 2.45) is 0 Å². The van der Waals surface area contributed by atoms with Crippen LogP contribution < -0.4 is 0 Å². The van der Waals surface area contributed by atoms with Gasteiger partial charge in [-0.3, -0.25) is 0 Å². The van der Waals surface area contributed by atoms with Crippen molar-refractivity contribution in [2.45, 2.75) is 0 Å². The van der Waals surface area contributed by atoms with E-state index in [9.17, 15) is 0 Å². The maximum Gasteiger partial charge on any atom is 0.143 e. The number of para-hydroxylation sites is 4. The molecule has 0 aliphatic carbocycles. The average molecular weight is 853 g/mol. The predicted octanol–water partition coefficient (Wildman–Crippen LogP) is 18.7. The molecule has 15 aromatic rings. The van der Waals surface area contributed by atoms with Crippen molar-refractivity contribution >= 4 is 109 Å². The van der Waals surface area contributed by atoms with E-state index in [1.807, 2.05) is 12.1 Å². The Kier molecular flexibility index (Phi) is 7.50. The van der Waals surface area contributed by atoms with Crippen LogP contribution in [0.2, 0.25) is 0 Å². The highest BCUT2D eigenvalue weighted by Crippen LogP contribution is 2.51. The lowest BCUT2D eigenvalue weighted by Crippen LogP contribution is -1.92. The van der Waals surface area contributed by atoms with E-state index in [-0.39, 0.29) is 0 Å². The quantitative estimate of drug-likeness (QED) is 0.166. The molecule has 0 unspecified atom stereocenters. The van der Waals surface area contributed by atoms with Crippen molar-refractivity contribution in [1.29, 1.82) is 0 Å². The molecule has 0 fully saturated rings. The second-order valence-corrected chi connectivity index (χ2v) is 17.7. The van der Waals surface area contributed by atoms with Gasteiger partial charge in [-0.2, -0.15) is 0 Å². The van der Waals surface area contributed by atoms with Gasteiger partial charge in [-0.25, -0.2) is 0 Å². The summed E-state index contributed by atoms with van der Waals surface area (Å²) in [6.07, 6.45) is 0. The molecular weight excluding hydrogens is 817 g/mol. The third kappa shape index (κ3) is 5.11. The lowest BCUT2D eigenvalue weighted by atomic mass is 9.84. The van der Waals surface area contributed by atoms with Crippen LogP contribution in [0.4, 0.5) is 0 Å². The molecule has 0 aliphatic rings. The summed E-state index contributed by atoms with van der Waals surface area (Å²) in [5, 5.41) is 16.1. The minimum Gasteiger partial charge on any atom is -0.456 e. The van der Waals surface area contributed by atoms with Crippen LogP contribution in [0.5, 0.6) is 0 Å². The molecule has 0 radical (unpaired) electrons. The topological polar surface area (TPSA) is 39.4 Å². The van der Waals surface area contributed by atoms with E-state index < -0.39 is 0 Å². The summed E-state index contributed by atoms with van der Waals surface area (Å²) in [5.41, 5.74) is 14.5. The molecule has 67 heavy (non-hydrogen) atoms. The van der Waals surface area contributed by atoms with Gasteiger partial charge >= 0.3 is 0 Å². The molecule has 0 saturated carbocycles. The van der Waals surface area contributed by atoms with E-state index >= 15 is 0 Å². The summed E-state index contributed by atoms with van der Waals surface area (Å²) >= 11 is 0. The highest BCUT2D eigenvalue weighted by atomic mass is 16.3. The van der Waals surface area contributed by atoms with Gasteiger partial charge in [0.25, 0.3) is 0 Å². The maximum absolute atomic E-state index is 6.79. The normalized spacial score (nSPS) is 12.2. The van der Waals surface area contributed by atoms with Crippen molar-refractivity contribution in [3.05, 3.63) is 218 Å². The second-order valence-electron chi connectivity index (χ2n) is 17.7. The van der Waals surface area contributed by atoms with Gasteiger partial charge in [-0.1, -0.05) is 188 Å². The number of hydrogen-bond donors (Lipinski definition) is 0. The molecule has 12 aromatic carbocycles. The summed E-state index contributed by atoms with van der Waals surface area (Å²) in [4.78, 5) is 0. The van der Waals surface area contributed by atoms with Crippen LogP contribution in [0.3, 0.4) is 0 Å². The van der Waals surface area contributed by atoms with Gasteiger partial charge in [0.2, 0.25) is 0 Å². The molecule has 310 valence electrons.